The van der Waals surface area contributed by atoms with Crippen LogP contribution in [0.5, 0.6) is 0 Å². The molecular weight excluding hydrogens is 226 g/mol. The van der Waals surface area contributed by atoms with Crippen LogP contribution in [0.1, 0.15) is 31.2 Å². The first-order valence-corrected chi connectivity index (χ1v) is 6.70. The zero-order chi connectivity index (χ0) is 12.8. The molecule has 1 amide bonds. The summed E-state index contributed by atoms with van der Waals surface area (Å²) in [4.78, 5) is 18.2. The first kappa shape index (κ1) is 12.9. The summed E-state index contributed by atoms with van der Waals surface area (Å²) in [5.41, 5.74) is 1.11. The number of piperidine rings is 1. The lowest BCUT2D eigenvalue weighted by Crippen LogP contribution is -2.36. The molecule has 1 N–H and O–H groups in total. The number of aromatic nitrogens is 1. The normalized spacial score (nSPS) is 15.5. The van der Waals surface area contributed by atoms with E-state index in [1.54, 1.807) is 6.20 Å². The fourth-order valence-corrected chi connectivity index (χ4v) is 2.26. The largest absolute Gasteiger partial charge is 0.369 e. The van der Waals surface area contributed by atoms with Crippen LogP contribution >= 0.6 is 0 Å². The number of nitrogens with one attached hydrogen (secondary N) is 1. The van der Waals surface area contributed by atoms with Crippen molar-refractivity contribution in [1.29, 1.82) is 0 Å². The number of likely N-dealkylation sites (tertiary alicyclic amines) is 1. The quantitative estimate of drug-likeness (QED) is 0.887. The average molecular weight is 247 g/mol. The third-order valence-electron chi connectivity index (χ3n) is 3.35. The Kier molecular flexibility index (Phi) is 4.56. The average Bonchev–Trinajstić information content (AvgIpc) is 2.42. The molecule has 1 aromatic rings. The molecule has 1 aliphatic heterocycles. The second kappa shape index (κ2) is 6.38. The van der Waals surface area contributed by atoms with E-state index in [9.17, 15) is 4.79 Å². The summed E-state index contributed by atoms with van der Waals surface area (Å²) in [6.45, 7) is 4.54. The molecular formula is C14H21N3O. The summed E-state index contributed by atoms with van der Waals surface area (Å²) in [5, 5.41) is 3.22. The number of hydrogen-bond acceptors (Lipinski definition) is 3. The maximum absolute atomic E-state index is 11.9. The number of anilines is 1. The lowest BCUT2D eigenvalue weighted by molar-refractivity contribution is -0.131. The second-order valence-corrected chi connectivity index (χ2v) is 4.79. The van der Waals surface area contributed by atoms with Gasteiger partial charge in [-0.1, -0.05) is 6.07 Å². The predicted molar refractivity (Wildman–Crippen MR) is 72.5 cm³/mol. The minimum Gasteiger partial charge on any atom is -0.369 e. The molecule has 1 fully saturated rings. The number of pyridine rings is 1. The lowest BCUT2D eigenvalue weighted by atomic mass is 10.1. The summed E-state index contributed by atoms with van der Waals surface area (Å²) in [7, 11) is 0. The van der Waals surface area contributed by atoms with Crippen LogP contribution in [0, 0.1) is 6.92 Å². The van der Waals surface area contributed by atoms with Gasteiger partial charge in [-0.3, -0.25) is 4.79 Å². The number of aryl methyl sites for hydroxylation is 1. The van der Waals surface area contributed by atoms with Crippen molar-refractivity contribution in [3.05, 3.63) is 23.9 Å². The van der Waals surface area contributed by atoms with Crippen molar-refractivity contribution in [2.45, 2.75) is 32.6 Å². The second-order valence-electron chi connectivity index (χ2n) is 4.79. The van der Waals surface area contributed by atoms with Gasteiger partial charge in [0, 0.05) is 32.3 Å². The molecule has 1 aliphatic rings. The molecule has 2 rings (SSSR count). The zero-order valence-corrected chi connectivity index (χ0v) is 11.0. The Labute approximate surface area is 108 Å². The van der Waals surface area contributed by atoms with Crippen molar-refractivity contribution in [1.82, 2.24) is 9.88 Å². The van der Waals surface area contributed by atoms with Crippen LogP contribution in [-0.2, 0) is 4.79 Å². The summed E-state index contributed by atoms with van der Waals surface area (Å²) in [6.07, 6.45) is 5.88. The van der Waals surface area contributed by atoms with Crippen molar-refractivity contribution >= 4 is 11.7 Å². The first-order valence-electron chi connectivity index (χ1n) is 6.70. The SMILES string of the molecule is Cc1cccnc1NCCC(=O)N1CCCCC1. The molecule has 0 bridgehead atoms. The molecule has 1 saturated heterocycles. The van der Waals surface area contributed by atoms with Gasteiger partial charge in [-0.25, -0.2) is 4.98 Å². The summed E-state index contributed by atoms with van der Waals surface area (Å²) >= 11 is 0. The Morgan fingerprint density at radius 1 is 1.39 bits per heavy atom. The Bertz CT molecular complexity index is 400. The standard InChI is InChI=1S/C14H21N3O/c1-12-6-5-8-15-14(12)16-9-7-13(18)17-10-3-2-4-11-17/h5-6,8H,2-4,7,9-11H2,1H3,(H,15,16). The van der Waals surface area contributed by atoms with Crippen LogP contribution in [0.2, 0.25) is 0 Å². The summed E-state index contributed by atoms with van der Waals surface area (Å²) in [5.74, 6) is 1.14. The van der Waals surface area contributed by atoms with E-state index in [-0.39, 0.29) is 5.91 Å². The number of hydrogen-bond donors (Lipinski definition) is 1. The molecule has 4 heteroatoms. The van der Waals surface area contributed by atoms with Crippen LogP contribution in [0.4, 0.5) is 5.82 Å². The number of carbonyl (C=O) groups excluding carboxylic acids is 1. The fourth-order valence-electron chi connectivity index (χ4n) is 2.26. The number of amides is 1. The lowest BCUT2D eigenvalue weighted by Gasteiger charge is -2.26. The van der Waals surface area contributed by atoms with E-state index in [0.717, 1.165) is 37.3 Å². The topological polar surface area (TPSA) is 45.2 Å². The number of rotatable bonds is 4. The van der Waals surface area contributed by atoms with Gasteiger partial charge in [-0.15, -0.1) is 0 Å². The number of carbonyl (C=O) groups is 1. The van der Waals surface area contributed by atoms with E-state index < -0.39 is 0 Å². The fraction of sp³-hybridized carbons (Fsp3) is 0.571. The van der Waals surface area contributed by atoms with E-state index >= 15 is 0 Å². The van der Waals surface area contributed by atoms with E-state index in [1.807, 2.05) is 24.0 Å². The van der Waals surface area contributed by atoms with Crippen LogP contribution in [0.15, 0.2) is 18.3 Å². The maximum Gasteiger partial charge on any atom is 0.224 e. The minimum atomic E-state index is 0.260. The van der Waals surface area contributed by atoms with Gasteiger partial charge in [0.15, 0.2) is 0 Å². The van der Waals surface area contributed by atoms with E-state index in [4.69, 9.17) is 0 Å². The van der Waals surface area contributed by atoms with Gasteiger partial charge in [0.05, 0.1) is 0 Å². The van der Waals surface area contributed by atoms with E-state index in [1.165, 1.54) is 6.42 Å². The summed E-state index contributed by atoms with van der Waals surface area (Å²) in [6, 6.07) is 3.93. The Morgan fingerprint density at radius 3 is 2.89 bits per heavy atom. The molecule has 0 aliphatic carbocycles. The zero-order valence-electron chi connectivity index (χ0n) is 11.0. The van der Waals surface area contributed by atoms with Gasteiger partial charge in [0.25, 0.3) is 0 Å². The van der Waals surface area contributed by atoms with E-state index in [0.29, 0.717) is 13.0 Å². The van der Waals surface area contributed by atoms with Gasteiger partial charge in [0.2, 0.25) is 5.91 Å². The van der Waals surface area contributed by atoms with Gasteiger partial charge in [-0.05, 0) is 37.8 Å². The molecule has 2 heterocycles. The summed E-state index contributed by atoms with van der Waals surface area (Å²) < 4.78 is 0. The molecule has 0 saturated carbocycles. The molecule has 0 atom stereocenters. The van der Waals surface area contributed by atoms with Crippen molar-refractivity contribution in [3.8, 4) is 0 Å². The van der Waals surface area contributed by atoms with Gasteiger partial charge < -0.3 is 10.2 Å². The van der Waals surface area contributed by atoms with Crippen LogP contribution < -0.4 is 5.32 Å². The van der Waals surface area contributed by atoms with Crippen molar-refractivity contribution in [3.63, 3.8) is 0 Å². The predicted octanol–water partition coefficient (Wildman–Crippen LogP) is 2.20. The highest BCUT2D eigenvalue weighted by Crippen LogP contribution is 2.11. The van der Waals surface area contributed by atoms with Crippen molar-refractivity contribution < 1.29 is 4.79 Å². The van der Waals surface area contributed by atoms with E-state index in [2.05, 4.69) is 10.3 Å². The Hall–Kier alpha value is -1.58. The van der Waals surface area contributed by atoms with Gasteiger partial charge in [-0.2, -0.15) is 0 Å². The van der Waals surface area contributed by atoms with Gasteiger partial charge in [0.1, 0.15) is 5.82 Å². The number of nitrogens with zero attached hydrogens (tertiary/aromatic N) is 2. The van der Waals surface area contributed by atoms with Crippen LogP contribution in [0.25, 0.3) is 0 Å². The first-order chi connectivity index (χ1) is 8.77. The van der Waals surface area contributed by atoms with Crippen LogP contribution in [-0.4, -0.2) is 35.4 Å². The van der Waals surface area contributed by atoms with Gasteiger partial charge >= 0.3 is 0 Å². The molecule has 1 aromatic heterocycles. The smallest absolute Gasteiger partial charge is 0.224 e. The molecule has 4 nitrogen and oxygen atoms in total. The Balaban J connectivity index is 1.75. The molecule has 0 unspecified atom stereocenters. The van der Waals surface area contributed by atoms with Crippen molar-refractivity contribution in [2.24, 2.45) is 0 Å². The highest BCUT2D eigenvalue weighted by molar-refractivity contribution is 5.76. The maximum atomic E-state index is 11.9. The third-order valence-corrected chi connectivity index (χ3v) is 3.35. The highest BCUT2D eigenvalue weighted by atomic mass is 16.2. The Morgan fingerprint density at radius 2 is 2.17 bits per heavy atom. The molecule has 0 aromatic carbocycles. The third kappa shape index (κ3) is 3.45. The molecule has 98 valence electrons. The monoisotopic (exact) mass is 247 g/mol. The van der Waals surface area contributed by atoms with Crippen molar-refractivity contribution in [2.75, 3.05) is 25.0 Å². The molecule has 0 radical (unpaired) electrons. The van der Waals surface area contributed by atoms with Crippen LogP contribution in [0.3, 0.4) is 0 Å². The molecule has 18 heavy (non-hydrogen) atoms. The molecule has 0 spiro atoms. The minimum absolute atomic E-state index is 0.260. The highest BCUT2D eigenvalue weighted by Gasteiger charge is 2.15.